The van der Waals surface area contributed by atoms with E-state index < -0.39 is 35.8 Å². The number of carbonyl (C=O) groups excluding carboxylic acids is 4. The van der Waals surface area contributed by atoms with E-state index in [1.165, 1.54) is 7.11 Å². The molecule has 2 aromatic carbocycles. The van der Waals surface area contributed by atoms with Crippen molar-refractivity contribution in [1.29, 1.82) is 0 Å². The Morgan fingerprint density at radius 1 is 0.933 bits per heavy atom. The van der Waals surface area contributed by atoms with Gasteiger partial charge in [0.05, 0.1) is 18.2 Å². The first-order chi connectivity index (χ1) is 14.3. The smallest absolute Gasteiger partial charge is 0.328 e. The van der Waals surface area contributed by atoms with Crippen LogP contribution in [0.2, 0.25) is 0 Å². The van der Waals surface area contributed by atoms with Crippen molar-refractivity contribution in [3.63, 3.8) is 0 Å². The number of imide groups is 1. The maximum atomic E-state index is 13.2. The summed E-state index contributed by atoms with van der Waals surface area (Å²) >= 11 is 0. The molecule has 0 saturated carbocycles. The van der Waals surface area contributed by atoms with Gasteiger partial charge in [0, 0.05) is 6.42 Å². The van der Waals surface area contributed by atoms with Gasteiger partial charge < -0.3 is 10.1 Å². The van der Waals surface area contributed by atoms with Crippen LogP contribution in [0.1, 0.15) is 40.1 Å². The van der Waals surface area contributed by atoms with Crippen LogP contribution in [-0.2, 0) is 20.7 Å². The highest BCUT2D eigenvalue weighted by atomic mass is 16.5. The molecule has 7 heteroatoms. The average Bonchev–Trinajstić information content (AvgIpc) is 3.00. The summed E-state index contributed by atoms with van der Waals surface area (Å²) in [5.41, 5.74) is 1.32. The normalized spacial score (nSPS) is 15.0. The third-order valence-corrected chi connectivity index (χ3v) is 5.13. The van der Waals surface area contributed by atoms with Gasteiger partial charge in [-0.1, -0.05) is 56.3 Å². The van der Waals surface area contributed by atoms with Crippen LogP contribution in [0.3, 0.4) is 0 Å². The summed E-state index contributed by atoms with van der Waals surface area (Å²) in [6.07, 6.45) is 0.129. The standard InChI is InChI=1S/C23H24N2O5/c1-14(2)19(23(29)30-3)24-20(26)18(13-15-9-5-4-6-10-15)25-21(27)16-11-7-8-12-17(16)22(25)28/h4-12,14,18-19H,13H2,1-3H3,(H,24,26)/t18-,19-/m1/s1. The van der Waals surface area contributed by atoms with Gasteiger partial charge in [-0.15, -0.1) is 0 Å². The highest BCUT2D eigenvalue weighted by Crippen LogP contribution is 2.26. The molecule has 0 unspecified atom stereocenters. The Morgan fingerprint density at radius 2 is 1.47 bits per heavy atom. The molecule has 7 nitrogen and oxygen atoms in total. The van der Waals surface area contributed by atoms with Crippen molar-refractivity contribution in [1.82, 2.24) is 10.2 Å². The quantitative estimate of drug-likeness (QED) is 0.560. The predicted molar refractivity (Wildman–Crippen MR) is 110 cm³/mol. The van der Waals surface area contributed by atoms with E-state index in [0.29, 0.717) is 0 Å². The molecule has 1 N–H and O–H groups in total. The fraction of sp³-hybridized carbons (Fsp3) is 0.304. The number of methoxy groups -OCH3 is 1. The summed E-state index contributed by atoms with van der Waals surface area (Å²) in [4.78, 5) is 52.3. The van der Waals surface area contributed by atoms with Crippen LogP contribution < -0.4 is 5.32 Å². The van der Waals surface area contributed by atoms with E-state index in [1.807, 2.05) is 30.3 Å². The summed E-state index contributed by atoms with van der Waals surface area (Å²) in [7, 11) is 1.25. The van der Waals surface area contributed by atoms with Crippen molar-refractivity contribution >= 4 is 23.7 Å². The Kier molecular flexibility index (Phi) is 6.30. The number of amides is 3. The van der Waals surface area contributed by atoms with Crippen LogP contribution in [0.15, 0.2) is 54.6 Å². The SMILES string of the molecule is COC(=O)[C@H](NC(=O)[C@@H](Cc1ccccc1)N1C(=O)c2ccccc2C1=O)C(C)C. The Morgan fingerprint density at radius 3 is 1.97 bits per heavy atom. The molecule has 0 saturated heterocycles. The fourth-order valence-corrected chi connectivity index (χ4v) is 3.50. The summed E-state index contributed by atoms with van der Waals surface area (Å²) < 4.78 is 4.79. The van der Waals surface area contributed by atoms with Gasteiger partial charge in [0.25, 0.3) is 11.8 Å². The molecule has 0 fully saturated rings. The van der Waals surface area contributed by atoms with Crippen molar-refractivity contribution in [2.24, 2.45) is 5.92 Å². The zero-order chi connectivity index (χ0) is 21.8. The van der Waals surface area contributed by atoms with Crippen LogP contribution in [-0.4, -0.2) is 47.8 Å². The van der Waals surface area contributed by atoms with Gasteiger partial charge in [-0.25, -0.2) is 4.79 Å². The molecule has 1 aliphatic rings. The minimum Gasteiger partial charge on any atom is -0.467 e. The predicted octanol–water partition coefficient (Wildman–Crippen LogP) is 2.21. The van der Waals surface area contributed by atoms with Gasteiger partial charge in [0.2, 0.25) is 5.91 Å². The lowest BCUT2D eigenvalue weighted by Gasteiger charge is -2.28. The molecule has 2 atom stereocenters. The van der Waals surface area contributed by atoms with E-state index in [9.17, 15) is 19.2 Å². The number of esters is 1. The second-order valence-electron chi connectivity index (χ2n) is 7.48. The van der Waals surface area contributed by atoms with Crippen molar-refractivity contribution in [3.05, 3.63) is 71.3 Å². The van der Waals surface area contributed by atoms with Gasteiger partial charge in [-0.05, 0) is 23.6 Å². The molecule has 1 aliphatic heterocycles. The van der Waals surface area contributed by atoms with Crippen molar-refractivity contribution in [3.8, 4) is 0 Å². The molecule has 3 amide bonds. The Balaban J connectivity index is 1.95. The highest BCUT2D eigenvalue weighted by Gasteiger charge is 2.43. The zero-order valence-corrected chi connectivity index (χ0v) is 17.1. The Bertz CT molecular complexity index is 936. The van der Waals surface area contributed by atoms with E-state index in [0.717, 1.165) is 10.5 Å². The van der Waals surface area contributed by atoms with Crippen LogP contribution >= 0.6 is 0 Å². The third kappa shape index (κ3) is 4.10. The number of nitrogens with zero attached hydrogens (tertiary/aromatic N) is 1. The maximum absolute atomic E-state index is 13.2. The lowest BCUT2D eigenvalue weighted by molar-refractivity contribution is -0.146. The number of fused-ring (bicyclic) bond motifs is 1. The molecule has 30 heavy (non-hydrogen) atoms. The van der Waals surface area contributed by atoms with Crippen LogP contribution in [0.25, 0.3) is 0 Å². The number of carbonyl (C=O) groups is 4. The van der Waals surface area contributed by atoms with Crippen molar-refractivity contribution < 1.29 is 23.9 Å². The largest absolute Gasteiger partial charge is 0.467 e. The molecule has 0 aromatic heterocycles. The molecule has 0 spiro atoms. The molecule has 0 radical (unpaired) electrons. The van der Waals surface area contributed by atoms with Crippen molar-refractivity contribution in [2.45, 2.75) is 32.4 Å². The first kappa shape index (κ1) is 21.2. The summed E-state index contributed by atoms with van der Waals surface area (Å²) in [6.45, 7) is 3.55. The molecule has 156 valence electrons. The second kappa shape index (κ2) is 8.90. The Labute approximate surface area is 175 Å². The minimum absolute atomic E-state index is 0.129. The van der Waals surface area contributed by atoms with Gasteiger partial charge in [-0.3, -0.25) is 19.3 Å². The number of benzene rings is 2. The van der Waals surface area contributed by atoms with E-state index in [2.05, 4.69) is 5.32 Å². The van der Waals surface area contributed by atoms with Crippen LogP contribution in [0.4, 0.5) is 0 Å². The van der Waals surface area contributed by atoms with E-state index >= 15 is 0 Å². The third-order valence-electron chi connectivity index (χ3n) is 5.13. The Hall–Kier alpha value is -3.48. The molecule has 3 rings (SSSR count). The van der Waals surface area contributed by atoms with E-state index in [4.69, 9.17) is 4.74 Å². The molecule has 1 heterocycles. The average molecular weight is 408 g/mol. The molecular formula is C23H24N2O5. The first-order valence-corrected chi connectivity index (χ1v) is 9.74. The zero-order valence-electron chi connectivity index (χ0n) is 17.1. The molecule has 0 aliphatic carbocycles. The number of ether oxygens (including phenoxy) is 1. The van der Waals surface area contributed by atoms with Gasteiger partial charge in [0.15, 0.2) is 0 Å². The lowest BCUT2D eigenvalue weighted by Crippen LogP contribution is -2.55. The highest BCUT2D eigenvalue weighted by molar-refractivity contribution is 6.22. The topological polar surface area (TPSA) is 92.8 Å². The summed E-state index contributed by atoms with van der Waals surface area (Å²) in [5.74, 6) is -2.45. The number of rotatable bonds is 7. The molecule has 0 bridgehead atoms. The first-order valence-electron chi connectivity index (χ1n) is 9.74. The molecule has 2 aromatic rings. The lowest BCUT2D eigenvalue weighted by atomic mass is 10.0. The van der Waals surface area contributed by atoms with Crippen LogP contribution in [0, 0.1) is 5.92 Å². The van der Waals surface area contributed by atoms with Gasteiger partial charge in [0.1, 0.15) is 12.1 Å². The minimum atomic E-state index is -1.11. The van der Waals surface area contributed by atoms with E-state index in [1.54, 1.807) is 38.1 Å². The summed E-state index contributed by atoms with van der Waals surface area (Å²) in [6, 6.07) is 13.6. The maximum Gasteiger partial charge on any atom is 0.328 e. The second-order valence-corrected chi connectivity index (χ2v) is 7.48. The summed E-state index contributed by atoms with van der Waals surface area (Å²) in [5, 5.41) is 2.67. The fourth-order valence-electron chi connectivity index (χ4n) is 3.50. The van der Waals surface area contributed by atoms with Crippen molar-refractivity contribution in [2.75, 3.05) is 7.11 Å². The monoisotopic (exact) mass is 408 g/mol. The number of hydrogen-bond acceptors (Lipinski definition) is 5. The number of nitrogens with one attached hydrogen (secondary N) is 1. The van der Waals surface area contributed by atoms with Gasteiger partial charge >= 0.3 is 5.97 Å². The van der Waals surface area contributed by atoms with Gasteiger partial charge in [-0.2, -0.15) is 0 Å². The van der Waals surface area contributed by atoms with Crippen LogP contribution in [0.5, 0.6) is 0 Å². The van der Waals surface area contributed by atoms with E-state index in [-0.39, 0.29) is 23.5 Å². The number of hydrogen-bond donors (Lipinski definition) is 1. The molecular weight excluding hydrogens is 384 g/mol.